The van der Waals surface area contributed by atoms with Crippen LogP contribution < -0.4 is 4.74 Å². The Morgan fingerprint density at radius 1 is 1.40 bits per heavy atom. The van der Waals surface area contributed by atoms with Gasteiger partial charge in [-0.3, -0.25) is 4.79 Å². The molecule has 134 valence electrons. The highest BCUT2D eigenvalue weighted by Crippen LogP contribution is 2.37. The van der Waals surface area contributed by atoms with Crippen molar-refractivity contribution in [2.24, 2.45) is 0 Å². The zero-order chi connectivity index (χ0) is 17.4. The average molecular weight is 344 g/mol. The third-order valence-corrected chi connectivity index (χ3v) is 5.53. The number of hydrogen-bond donors (Lipinski definition) is 1. The van der Waals surface area contributed by atoms with Crippen LogP contribution in [0.15, 0.2) is 24.4 Å². The van der Waals surface area contributed by atoms with E-state index in [1.807, 2.05) is 23.1 Å². The van der Waals surface area contributed by atoms with Crippen molar-refractivity contribution in [1.29, 1.82) is 0 Å². The van der Waals surface area contributed by atoms with E-state index in [4.69, 9.17) is 14.2 Å². The summed E-state index contributed by atoms with van der Waals surface area (Å²) in [7, 11) is 3.36. The minimum absolute atomic E-state index is 0.0314. The second-order valence-electron chi connectivity index (χ2n) is 6.87. The summed E-state index contributed by atoms with van der Waals surface area (Å²) >= 11 is 0. The molecule has 1 aromatic heterocycles. The fourth-order valence-corrected chi connectivity index (χ4v) is 4.22. The van der Waals surface area contributed by atoms with Gasteiger partial charge in [-0.2, -0.15) is 0 Å². The Morgan fingerprint density at radius 3 is 3.00 bits per heavy atom. The molecule has 2 aromatic rings. The van der Waals surface area contributed by atoms with E-state index < -0.39 is 0 Å². The van der Waals surface area contributed by atoms with Crippen molar-refractivity contribution in [3.8, 4) is 5.75 Å². The number of aromatic nitrogens is 1. The number of piperidine rings is 1. The Morgan fingerprint density at radius 2 is 2.28 bits per heavy atom. The van der Waals surface area contributed by atoms with Crippen LogP contribution in [-0.4, -0.2) is 61.4 Å². The van der Waals surface area contributed by atoms with Crippen LogP contribution >= 0.6 is 0 Å². The van der Waals surface area contributed by atoms with E-state index in [1.165, 1.54) is 0 Å². The molecule has 0 aliphatic carbocycles. The number of nitrogens with one attached hydrogen (secondary N) is 1. The first-order valence-electron chi connectivity index (χ1n) is 8.78. The molecule has 2 saturated heterocycles. The smallest absolute Gasteiger partial charge is 0.256 e. The number of likely N-dealkylation sites (tertiary alicyclic amines) is 1. The number of H-pyrrole nitrogens is 1. The quantitative estimate of drug-likeness (QED) is 0.930. The number of aromatic amines is 1. The number of benzene rings is 1. The zero-order valence-electron chi connectivity index (χ0n) is 14.7. The van der Waals surface area contributed by atoms with Crippen LogP contribution in [-0.2, 0) is 9.47 Å². The molecule has 2 aliphatic heterocycles. The van der Waals surface area contributed by atoms with Gasteiger partial charge in [0.1, 0.15) is 11.4 Å². The van der Waals surface area contributed by atoms with Gasteiger partial charge in [-0.1, -0.05) is 0 Å². The van der Waals surface area contributed by atoms with Gasteiger partial charge in [0, 0.05) is 37.4 Å². The molecule has 6 heteroatoms. The standard InChI is InChI=1S/C19H24N2O4/c1-23-13-4-5-16-14(10-13)15(11-20-16)18(22)21-8-6-17(24-2)19(12-21)7-3-9-25-19/h4-5,10-11,17,20H,3,6-9,12H2,1-2H3/t17-,19-/m0/s1. The lowest BCUT2D eigenvalue weighted by Crippen LogP contribution is -2.58. The molecule has 0 radical (unpaired) electrons. The van der Waals surface area contributed by atoms with Gasteiger partial charge in [0.25, 0.3) is 5.91 Å². The SMILES string of the molecule is COc1ccc2[nH]cc(C(=O)N3CC[C@H](OC)[C@]4(CCCO4)C3)c2c1. The highest BCUT2D eigenvalue weighted by Gasteiger charge is 2.48. The fraction of sp³-hybridized carbons (Fsp3) is 0.526. The third-order valence-electron chi connectivity index (χ3n) is 5.53. The molecule has 1 amide bonds. The number of carbonyl (C=O) groups excluding carboxylic acids is 1. The number of ether oxygens (including phenoxy) is 3. The summed E-state index contributed by atoms with van der Waals surface area (Å²) < 4.78 is 17.0. The van der Waals surface area contributed by atoms with Crippen LogP contribution in [0.2, 0.25) is 0 Å². The summed E-state index contributed by atoms with van der Waals surface area (Å²) in [6.45, 7) is 2.01. The van der Waals surface area contributed by atoms with Gasteiger partial charge in [0.2, 0.25) is 0 Å². The molecule has 1 N–H and O–H groups in total. The molecular weight excluding hydrogens is 320 g/mol. The molecule has 0 bridgehead atoms. The molecule has 3 heterocycles. The lowest BCUT2D eigenvalue weighted by atomic mass is 9.86. The molecule has 0 unspecified atom stereocenters. The largest absolute Gasteiger partial charge is 0.497 e. The summed E-state index contributed by atoms with van der Waals surface area (Å²) in [6.07, 6.45) is 4.61. The molecule has 1 aromatic carbocycles. The number of carbonyl (C=O) groups is 1. The van der Waals surface area contributed by atoms with Crippen LogP contribution in [0.25, 0.3) is 10.9 Å². The molecule has 2 aliphatic rings. The van der Waals surface area contributed by atoms with Gasteiger partial charge >= 0.3 is 0 Å². The summed E-state index contributed by atoms with van der Waals surface area (Å²) in [4.78, 5) is 18.3. The summed E-state index contributed by atoms with van der Waals surface area (Å²) in [5.74, 6) is 0.777. The number of nitrogens with zero attached hydrogens (tertiary/aromatic N) is 1. The van der Waals surface area contributed by atoms with Crippen LogP contribution in [0.1, 0.15) is 29.6 Å². The normalized spacial score (nSPS) is 26.5. The van der Waals surface area contributed by atoms with E-state index in [1.54, 1.807) is 20.4 Å². The fourth-order valence-electron chi connectivity index (χ4n) is 4.22. The number of hydrogen-bond acceptors (Lipinski definition) is 4. The van der Waals surface area contributed by atoms with Crippen molar-refractivity contribution in [2.75, 3.05) is 33.9 Å². The first kappa shape index (κ1) is 16.4. The maximum absolute atomic E-state index is 13.2. The monoisotopic (exact) mass is 344 g/mol. The van der Waals surface area contributed by atoms with Crippen molar-refractivity contribution >= 4 is 16.8 Å². The molecular formula is C19H24N2O4. The highest BCUT2D eigenvalue weighted by molar-refractivity contribution is 6.07. The Kier molecular flexibility index (Phi) is 4.17. The number of methoxy groups -OCH3 is 2. The maximum atomic E-state index is 13.2. The summed E-state index contributed by atoms with van der Waals surface area (Å²) in [5.41, 5.74) is 1.26. The van der Waals surface area contributed by atoms with Crippen LogP contribution in [0.5, 0.6) is 5.75 Å². The van der Waals surface area contributed by atoms with E-state index in [0.717, 1.165) is 42.5 Å². The van der Waals surface area contributed by atoms with E-state index >= 15 is 0 Å². The van der Waals surface area contributed by atoms with Gasteiger partial charge in [-0.15, -0.1) is 0 Å². The van der Waals surface area contributed by atoms with Crippen LogP contribution in [0, 0.1) is 0 Å². The van der Waals surface area contributed by atoms with E-state index in [-0.39, 0.29) is 17.6 Å². The second kappa shape index (κ2) is 6.35. The highest BCUT2D eigenvalue weighted by atomic mass is 16.6. The predicted molar refractivity (Wildman–Crippen MR) is 94.1 cm³/mol. The number of fused-ring (bicyclic) bond motifs is 1. The Bertz CT molecular complexity index is 779. The van der Waals surface area contributed by atoms with Crippen molar-refractivity contribution in [3.05, 3.63) is 30.0 Å². The molecule has 4 rings (SSSR count). The van der Waals surface area contributed by atoms with Gasteiger partial charge in [-0.05, 0) is 37.5 Å². The lowest BCUT2D eigenvalue weighted by Gasteiger charge is -2.44. The van der Waals surface area contributed by atoms with Crippen molar-refractivity contribution < 1.29 is 19.0 Å². The number of rotatable bonds is 3. The van der Waals surface area contributed by atoms with E-state index in [0.29, 0.717) is 18.7 Å². The topological polar surface area (TPSA) is 63.8 Å². The van der Waals surface area contributed by atoms with Gasteiger partial charge in [0.05, 0.1) is 25.3 Å². The number of amides is 1. The minimum Gasteiger partial charge on any atom is -0.497 e. The van der Waals surface area contributed by atoms with Gasteiger partial charge in [-0.25, -0.2) is 0 Å². The molecule has 6 nitrogen and oxygen atoms in total. The van der Waals surface area contributed by atoms with Crippen molar-refractivity contribution in [2.45, 2.75) is 31.0 Å². The Labute approximate surface area is 147 Å². The molecule has 2 atom stereocenters. The maximum Gasteiger partial charge on any atom is 0.256 e. The summed E-state index contributed by atoms with van der Waals surface area (Å²) in [5, 5.41) is 0.889. The second-order valence-corrected chi connectivity index (χ2v) is 6.87. The lowest BCUT2D eigenvalue weighted by molar-refractivity contribution is -0.137. The molecule has 0 saturated carbocycles. The van der Waals surface area contributed by atoms with Gasteiger partial charge < -0.3 is 24.1 Å². The zero-order valence-corrected chi connectivity index (χ0v) is 14.7. The Hall–Kier alpha value is -2.05. The molecule has 25 heavy (non-hydrogen) atoms. The first-order valence-corrected chi connectivity index (χ1v) is 8.78. The van der Waals surface area contributed by atoms with Gasteiger partial charge in [0.15, 0.2) is 0 Å². The van der Waals surface area contributed by atoms with E-state index in [2.05, 4.69) is 4.98 Å². The minimum atomic E-state index is -0.355. The van der Waals surface area contributed by atoms with E-state index in [9.17, 15) is 4.79 Å². The molecule has 2 fully saturated rings. The van der Waals surface area contributed by atoms with Crippen molar-refractivity contribution in [1.82, 2.24) is 9.88 Å². The third kappa shape index (κ3) is 2.69. The average Bonchev–Trinajstić information content (AvgIpc) is 3.28. The van der Waals surface area contributed by atoms with Crippen molar-refractivity contribution in [3.63, 3.8) is 0 Å². The predicted octanol–water partition coefficient (Wildman–Crippen LogP) is 2.59. The molecule has 1 spiro atoms. The van der Waals surface area contributed by atoms with Crippen LogP contribution in [0.3, 0.4) is 0 Å². The first-order chi connectivity index (χ1) is 12.2. The Balaban J connectivity index is 1.63. The van der Waals surface area contributed by atoms with Crippen LogP contribution in [0.4, 0.5) is 0 Å². The summed E-state index contributed by atoms with van der Waals surface area (Å²) in [6, 6.07) is 5.73.